The number of hydrogen-bond donors (Lipinski definition) is 3. The van der Waals surface area contributed by atoms with Gasteiger partial charge >= 0.3 is 6.03 Å². The van der Waals surface area contributed by atoms with E-state index >= 15 is 0 Å². The van der Waals surface area contributed by atoms with Crippen LogP contribution in [0, 0.1) is 11.6 Å². The van der Waals surface area contributed by atoms with E-state index in [2.05, 4.69) is 25.9 Å². The number of aromatic nitrogens is 4. The maximum absolute atomic E-state index is 14.7. The smallest absolute Gasteiger partial charge is 0.323 e. The number of ether oxygens (including phenoxy) is 1. The van der Waals surface area contributed by atoms with Crippen LogP contribution >= 0.6 is 0 Å². The van der Waals surface area contributed by atoms with E-state index < -0.39 is 29.7 Å². The molecular weight excluding hydrogens is 488 g/mol. The van der Waals surface area contributed by atoms with Gasteiger partial charge in [0.15, 0.2) is 17.3 Å². The predicted molar refractivity (Wildman–Crippen MR) is 127 cm³/mol. The van der Waals surface area contributed by atoms with Crippen LogP contribution in [-0.4, -0.2) is 61.1 Å². The van der Waals surface area contributed by atoms with Crippen molar-refractivity contribution in [3.8, 4) is 17.2 Å². The van der Waals surface area contributed by atoms with Gasteiger partial charge in [-0.15, -0.1) is 5.10 Å². The summed E-state index contributed by atoms with van der Waals surface area (Å²) < 4.78 is 34.9. The summed E-state index contributed by atoms with van der Waals surface area (Å²) in [6.45, 7) is 0.475. The van der Waals surface area contributed by atoms with Crippen molar-refractivity contribution in [1.82, 2.24) is 24.9 Å². The van der Waals surface area contributed by atoms with E-state index in [0.29, 0.717) is 5.69 Å². The fourth-order valence-corrected chi connectivity index (χ4v) is 3.45. The molecule has 188 valence electrons. The Labute approximate surface area is 208 Å². The summed E-state index contributed by atoms with van der Waals surface area (Å²) in [6.07, 6.45) is 2.18. The third kappa shape index (κ3) is 5.51. The van der Waals surface area contributed by atoms with Gasteiger partial charge in [0.05, 0.1) is 31.1 Å². The van der Waals surface area contributed by atoms with Crippen LogP contribution in [0.25, 0.3) is 5.69 Å². The zero-order valence-electron chi connectivity index (χ0n) is 19.0. The summed E-state index contributed by atoms with van der Waals surface area (Å²) in [5.41, 5.74) is 0.482. The second-order valence-corrected chi connectivity index (χ2v) is 8.10. The van der Waals surface area contributed by atoms with Crippen molar-refractivity contribution >= 4 is 23.4 Å². The van der Waals surface area contributed by atoms with Gasteiger partial charge in [-0.1, -0.05) is 11.3 Å². The number of amides is 3. The molecule has 2 aromatic heterocycles. The van der Waals surface area contributed by atoms with Gasteiger partial charge in [-0.25, -0.2) is 23.2 Å². The molecule has 1 fully saturated rings. The molecule has 1 aliphatic heterocycles. The first-order valence-electron chi connectivity index (χ1n) is 11.0. The van der Waals surface area contributed by atoms with Crippen LogP contribution < -0.4 is 15.4 Å². The van der Waals surface area contributed by atoms with Crippen molar-refractivity contribution in [3.63, 3.8) is 0 Å². The standard InChI is InChI=1S/C24H19F2N7O4/c25-14-2-1-3-16(8-14)33-13-20(30-31-33)23(35)28-15-4-5-21(19(26)9-15)37-18-6-7-27-22(10-18)29-24(36)32-11-17(34)12-32/h1-10,13,17,34H,11-12H2,(H,28,35)(H,27,29,36). The number of rotatable bonds is 6. The number of carbonyl (C=O) groups excluding carboxylic acids is 2. The number of nitrogens with zero attached hydrogens (tertiary/aromatic N) is 5. The normalized spacial score (nSPS) is 13.1. The molecular formula is C24H19F2N7O4. The van der Waals surface area contributed by atoms with Crippen molar-refractivity contribution in [3.05, 3.63) is 84.3 Å². The van der Waals surface area contributed by atoms with Crippen molar-refractivity contribution in [2.45, 2.75) is 6.10 Å². The number of benzene rings is 2. The molecule has 0 atom stereocenters. The monoisotopic (exact) mass is 507 g/mol. The molecule has 1 aliphatic rings. The Bertz CT molecular complexity index is 1470. The number of likely N-dealkylation sites (tertiary alicyclic amines) is 1. The van der Waals surface area contributed by atoms with Gasteiger partial charge in [-0.3, -0.25) is 10.1 Å². The lowest BCUT2D eigenvalue weighted by Crippen LogP contribution is -2.54. The number of anilines is 2. The molecule has 13 heteroatoms. The molecule has 37 heavy (non-hydrogen) atoms. The molecule has 0 saturated carbocycles. The van der Waals surface area contributed by atoms with Crippen LogP contribution in [0.4, 0.5) is 25.1 Å². The maximum atomic E-state index is 14.7. The molecule has 3 amide bonds. The molecule has 11 nitrogen and oxygen atoms in total. The third-order valence-electron chi connectivity index (χ3n) is 5.33. The Balaban J connectivity index is 1.22. The topological polar surface area (TPSA) is 134 Å². The van der Waals surface area contributed by atoms with E-state index in [1.165, 1.54) is 64.4 Å². The molecule has 1 saturated heterocycles. The summed E-state index contributed by atoms with van der Waals surface area (Å²) in [4.78, 5) is 30.0. The van der Waals surface area contributed by atoms with Crippen LogP contribution in [0.2, 0.25) is 0 Å². The lowest BCUT2D eigenvalue weighted by Gasteiger charge is -2.35. The number of aliphatic hydroxyl groups excluding tert-OH is 1. The molecule has 0 spiro atoms. The first-order chi connectivity index (χ1) is 17.8. The Morgan fingerprint density at radius 3 is 2.65 bits per heavy atom. The Morgan fingerprint density at radius 1 is 1.05 bits per heavy atom. The van der Waals surface area contributed by atoms with Gasteiger partial charge in [-0.05, 0) is 36.4 Å². The highest BCUT2D eigenvalue weighted by Gasteiger charge is 2.29. The molecule has 0 bridgehead atoms. The van der Waals surface area contributed by atoms with Crippen LogP contribution in [0.5, 0.6) is 11.5 Å². The van der Waals surface area contributed by atoms with Crippen LogP contribution in [0.1, 0.15) is 10.5 Å². The molecule has 5 rings (SSSR count). The minimum Gasteiger partial charge on any atom is -0.454 e. The van der Waals surface area contributed by atoms with Crippen molar-refractivity contribution < 1.29 is 28.2 Å². The van der Waals surface area contributed by atoms with Gasteiger partial charge in [0, 0.05) is 24.0 Å². The Morgan fingerprint density at radius 2 is 1.89 bits per heavy atom. The van der Waals surface area contributed by atoms with E-state index in [1.807, 2.05) is 0 Å². The number of hydrogen-bond acceptors (Lipinski definition) is 7. The van der Waals surface area contributed by atoms with Crippen LogP contribution in [-0.2, 0) is 0 Å². The summed E-state index contributed by atoms with van der Waals surface area (Å²) in [5.74, 6) is -1.56. The SMILES string of the molecule is O=C(Nc1ccc(Oc2ccnc(NC(=O)N3CC(O)C3)c2)c(F)c1)c1cn(-c2cccc(F)c2)nn1. The number of urea groups is 1. The largest absolute Gasteiger partial charge is 0.454 e. The first kappa shape index (κ1) is 23.8. The van der Waals surface area contributed by atoms with Gasteiger partial charge in [0.2, 0.25) is 0 Å². The number of β-amino-alcohol motifs (C(OH)–C–C–N with tert-alkyl or cyclic N) is 1. The van der Waals surface area contributed by atoms with E-state index in [4.69, 9.17) is 4.74 Å². The van der Waals surface area contributed by atoms with Crippen LogP contribution in [0.15, 0.2) is 67.0 Å². The average molecular weight is 507 g/mol. The minimum atomic E-state index is -0.752. The zero-order chi connectivity index (χ0) is 25.9. The number of halogens is 2. The molecule has 2 aromatic carbocycles. The molecule has 3 heterocycles. The highest BCUT2D eigenvalue weighted by molar-refractivity contribution is 6.02. The summed E-state index contributed by atoms with van der Waals surface area (Å²) in [7, 11) is 0. The summed E-state index contributed by atoms with van der Waals surface area (Å²) in [5, 5.41) is 22.0. The Hall–Kier alpha value is -4.91. The fraction of sp³-hybridized carbons (Fsp3) is 0.125. The first-order valence-corrected chi connectivity index (χ1v) is 11.0. The van der Waals surface area contributed by atoms with Crippen molar-refractivity contribution in [2.75, 3.05) is 23.7 Å². The van der Waals surface area contributed by atoms with E-state index in [0.717, 1.165) is 6.07 Å². The predicted octanol–water partition coefficient (Wildman–Crippen LogP) is 3.19. The lowest BCUT2D eigenvalue weighted by molar-refractivity contribution is 0.0308. The highest BCUT2D eigenvalue weighted by Crippen LogP contribution is 2.28. The molecule has 0 unspecified atom stereocenters. The number of pyridine rings is 1. The molecule has 3 N–H and O–H groups in total. The molecule has 4 aromatic rings. The quantitative estimate of drug-likeness (QED) is 0.365. The third-order valence-corrected chi connectivity index (χ3v) is 5.33. The van der Waals surface area contributed by atoms with Gasteiger partial charge in [0.1, 0.15) is 17.4 Å². The van der Waals surface area contributed by atoms with Crippen molar-refractivity contribution in [2.24, 2.45) is 0 Å². The van der Waals surface area contributed by atoms with E-state index in [1.54, 1.807) is 6.07 Å². The highest BCUT2D eigenvalue weighted by atomic mass is 19.1. The molecule has 0 aliphatic carbocycles. The number of carbonyl (C=O) groups is 2. The summed E-state index contributed by atoms with van der Waals surface area (Å²) in [6, 6.07) is 11.9. The zero-order valence-corrected chi connectivity index (χ0v) is 19.0. The minimum absolute atomic E-state index is 0.0518. The number of nitrogens with one attached hydrogen (secondary N) is 2. The maximum Gasteiger partial charge on any atom is 0.323 e. The fourth-order valence-electron chi connectivity index (χ4n) is 3.45. The Kier molecular flexibility index (Phi) is 6.43. The van der Waals surface area contributed by atoms with E-state index in [9.17, 15) is 23.5 Å². The second-order valence-electron chi connectivity index (χ2n) is 8.10. The van der Waals surface area contributed by atoms with Crippen molar-refractivity contribution in [1.29, 1.82) is 0 Å². The van der Waals surface area contributed by atoms with Gasteiger partial charge in [0.25, 0.3) is 5.91 Å². The van der Waals surface area contributed by atoms with Crippen LogP contribution in [0.3, 0.4) is 0 Å². The average Bonchev–Trinajstić information content (AvgIpc) is 3.35. The lowest BCUT2D eigenvalue weighted by atomic mass is 10.2. The summed E-state index contributed by atoms with van der Waals surface area (Å²) >= 11 is 0. The van der Waals surface area contributed by atoms with E-state index in [-0.39, 0.29) is 41.8 Å². The number of aliphatic hydroxyl groups is 1. The molecule has 0 radical (unpaired) electrons. The van der Waals surface area contributed by atoms with Gasteiger partial charge in [-0.2, -0.15) is 0 Å². The second kappa shape index (κ2) is 9.99. The van der Waals surface area contributed by atoms with Gasteiger partial charge < -0.3 is 20.1 Å².